The van der Waals surface area contributed by atoms with Crippen molar-refractivity contribution in [2.75, 3.05) is 6.61 Å². The van der Waals surface area contributed by atoms with Gasteiger partial charge in [-0.15, -0.1) is 0 Å². The molecule has 0 fully saturated rings. The second-order valence-electron chi connectivity index (χ2n) is 4.27. The van der Waals surface area contributed by atoms with Gasteiger partial charge >= 0.3 is 0 Å². The third-order valence-corrected chi connectivity index (χ3v) is 4.70. The summed E-state index contributed by atoms with van der Waals surface area (Å²) in [7, 11) is 0. The third-order valence-electron chi connectivity index (χ3n) is 2.86. The van der Waals surface area contributed by atoms with Crippen LogP contribution in [0.15, 0.2) is 30.3 Å². The summed E-state index contributed by atoms with van der Waals surface area (Å²) in [5.41, 5.74) is 1.04. The molecule has 0 spiro atoms. The van der Waals surface area contributed by atoms with Crippen molar-refractivity contribution in [3.63, 3.8) is 0 Å². The van der Waals surface area contributed by atoms with Crippen LogP contribution in [0.1, 0.15) is 22.9 Å². The zero-order valence-electron chi connectivity index (χ0n) is 11.0. The summed E-state index contributed by atoms with van der Waals surface area (Å²) in [6.45, 7) is 2.34. The van der Waals surface area contributed by atoms with Crippen LogP contribution >= 0.6 is 50.7 Å². The minimum absolute atomic E-state index is 0.373. The molecule has 0 saturated carbocycles. The lowest BCUT2D eigenvalue weighted by Gasteiger charge is -2.16. The van der Waals surface area contributed by atoms with Gasteiger partial charge in [0.25, 0.3) is 0 Å². The fourth-order valence-corrected chi connectivity index (χ4v) is 3.41. The standard InChI is InChI=1S/C15H11BrCl3FO/c1-2-21-14-7-11(18)9(6-12(14)19)15(16)10-5-8(17)3-4-13(10)20/h3-7,15H,2H2,1H3. The molecule has 2 aromatic rings. The summed E-state index contributed by atoms with van der Waals surface area (Å²) >= 11 is 21.8. The third kappa shape index (κ3) is 3.84. The maximum absolute atomic E-state index is 13.9. The number of hydrogen-bond donors (Lipinski definition) is 0. The van der Waals surface area contributed by atoms with Crippen LogP contribution < -0.4 is 4.74 Å². The normalized spacial score (nSPS) is 12.3. The molecule has 6 heteroatoms. The monoisotopic (exact) mass is 410 g/mol. The van der Waals surface area contributed by atoms with Crippen molar-refractivity contribution >= 4 is 50.7 Å². The van der Waals surface area contributed by atoms with E-state index in [0.717, 1.165) is 0 Å². The highest BCUT2D eigenvalue weighted by Crippen LogP contribution is 2.41. The number of alkyl halides is 1. The molecule has 1 unspecified atom stereocenters. The second kappa shape index (κ2) is 7.19. The number of halogens is 5. The van der Waals surface area contributed by atoms with Gasteiger partial charge in [0.2, 0.25) is 0 Å². The first kappa shape index (κ1) is 16.9. The van der Waals surface area contributed by atoms with Gasteiger partial charge in [-0.2, -0.15) is 0 Å². The highest BCUT2D eigenvalue weighted by atomic mass is 79.9. The van der Waals surface area contributed by atoms with Gasteiger partial charge < -0.3 is 4.74 Å². The summed E-state index contributed by atoms with van der Waals surface area (Å²) in [5.74, 6) is 0.126. The van der Waals surface area contributed by atoms with Crippen molar-refractivity contribution in [1.82, 2.24) is 0 Å². The van der Waals surface area contributed by atoms with E-state index >= 15 is 0 Å². The Morgan fingerprint density at radius 2 is 1.81 bits per heavy atom. The van der Waals surface area contributed by atoms with Crippen molar-refractivity contribution in [3.8, 4) is 5.75 Å². The van der Waals surface area contributed by atoms with E-state index in [2.05, 4.69) is 15.9 Å². The molecule has 2 aromatic carbocycles. The Kier molecular flexibility index (Phi) is 5.78. The molecule has 0 N–H and O–H groups in total. The Balaban J connectivity index is 2.46. The van der Waals surface area contributed by atoms with Crippen molar-refractivity contribution in [1.29, 1.82) is 0 Å². The van der Waals surface area contributed by atoms with Gasteiger partial charge in [-0.05, 0) is 36.8 Å². The van der Waals surface area contributed by atoms with Crippen molar-refractivity contribution < 1.29 is 9.13 Å². The summed E-state index contributed by atoms with van der Waals surface area (Å²) in [6.07, 6.45) is 0. The van der Waals surface area contributed by atoms with Gasteiger partial charge in [0.1, 0.15) is 11.6 Å². The molecule has 0 heterocycles. The lowest BCUT2D eigenvalue weighted by Crippen LogP contribution is -1.99. The van der Waals surface area contributed by atoms with Crippen LogP contribution in [0.2, 0.25) is 15.1 Å². The zero-order valence-corrected chi connectivity index (χ0v) is 14.8. The van der Waals surface area contributed by atoms with Crippen LogP contribution in [-0.2, 0) is 0 Å². The van der Waals surface area contributed by atoms with Crippen LogP contribution in [0.5, 0.6) is 5.75 Å². The van der Waals surface area contributed by atoms with Crippen LogP contribution in [0.3, 0.4) is 0 Å². The van der Waals surface area contributed by atoms with Crippen molar-refractivity contribution in [2.24, 2.45) is 0 Å². The average molecular weight is 413 g/mol. The number of ether oxygens (including phenoxy) is 1. The van der Waals surface area contributed by atoms with Crippen molar-refractivity contribution in [3.05, 3.63) is 62.3 Å². The lowest BCUT2D eigenvalue weighted by atomic mass is 10.0. The average Bonchev–Trinajstić information content (AvgIpc) is 2.44. The molecule has 0 aliphatic heterocycles. The molecule has 1 atom stereocenters. The smallest absolute Gasteiger partial charge is 0.139 e. The molecule has 0 radical (unpaired) electrons. The summed E-state index contributed by atoms with van der Waals surface area (Å²) < 4.78 is 19.3. The largest absolute Gasteiger partial charge is 0.492 e. The number of rotatable bonds is 4. The predicted molar refractivity (Wildman–Crippen MR) is 89.8 cm³/mol. The minimum Gasteiger partial charge on any atom is -0.492 e. The molecule has 1 nitrogen and oxygen atoms in total. The SMILES string of the molecule is CCOc1cc(Cl)c(C(Br)c2cc(Cl)ccc2F)cc1Cl. The summed E-state index contributed by atoms with van der Waals surface area (Å²) in [6, 6.07) is 7.65. The topological polar surface area (TPSA) is 9.23 Å². The van der Waals surface area contributed by atoms with Crippen LogP contribution in [0.25, 0.3) is 0 Å². The Hall–Kier alpha value is -0.480. The van der Waals surface area contributed by atoms with Crippen LogP contribution in [0.4, 0.5) is 4.39 Å². The fraction of sp³-hybridized carbons (Fsp3) is 0.200. The molecule has 112 valence electrons. The first-order valence-electron chi connectivity index (χ1n) is 6.14. The Labute approximate surface area is 146 Å². The first-order valence-corrected chi connectivity index (χ1v) is 8.19. The van der Waals surface area contributed by atoms with Gasteiger partial charge in [-0.1, -0.05) is 50.7 Å². The lowest BCUT2D eigenvalue weighted by molar-refractivity contribution is 0.340. The maximum Gasteiger partial charge on any atom is 0.139 e. The maximum atomic E-state index is 13.9. The van der Waals surface area contributed by atoms with E-state index in [4.69, 9.17) is 39.5 Å². The second-order valence-corrected chi connectivity index (χ2v) is 6.43. The van der Waals surface area contributed by atoms with E-state index < -0.39 is 4.83 Å². The van der Waals surface area contributed by atoms with E-state index in [9.17, 15) is 4.39 Å². The Morgan fingerprint density at radius 3 is 2.48 bits per heavy atom. The Bertz CT molecular complexity index is 664. The Morgan fingerprint density at radius 1 is 1.10 bits per heavy atom. The molecule has 0 amide bonds. The quantitative estimate of drug-likeness (QED) is 0.510. The van der Waals surface area contributed by atoms with E-state index in [1.165, 1.54) is 12.1 Å². The number of hydrogen-bond acceptors (Lipinski definition) is 1. The molecule has 0 saturated heterocycles. The summed E-state index contributed by atoms with van der Waals surface area (Å²) in [5, 5.41) is 1.30. The van der Waals surface area contributed by atoms with Gasteiger partial charge in [0.05, 0.1) is 16.5 Å². The van der Waals surface area contributed by atoms with E-state index in [1.807, 2.05) is 6.92 Å². The molecule has 2 rings (SSSR count). The zero-order chi connectivity index (χ0) is 15.6. The van der Waals surface area contributed by atoms with Gasteiger partial charge in [-0.25, -0.2) is 4.39 Å². The van der Waals surface area contributed by atoms with Crippen LogP contribution in [-0.4, -0.2) is 6.61 Å². The van der Waals surface area contributed by atoms with E-state index in [1.54, 1.807) is 18.2 Å². The highest BCUT2D eigenvalue weighted by molar-refractivity contribution is 9.09. The molecule has 21 heavy (non-hydrogen) atoms. The molecular formula is C15H11BrCl3FO. The summed E-state index contributed by atoms with van der Waals surface area (Å²) in [4.78, 5) is -0.461. The van der Waals surface area contributed by atoms with E-state index in [0.29, 0.717) is 38.6 Å². The first-order chi connectivity index (χ1) is 9.93. The molecule has 0 aliphatic rings. The molecular weight excluding hydrogens is 401 g/mol. The van der Waals surface area contributed by atoms with Crippen LogP contribution in [0, 0.1) is 5.82 Å². The van der Waals surface area contributed by atoms with Gasteiger partial charge in [0.15, 0.2) is 0 Å². The minimum atomic E-state index is -0.461. The highest BCUT2D eigenvalue weighted by Gasteiger charge is 2.20. The predicted octanol–water partition coefficient (Wildman–Crippen LogP) is 6.67. The van der Waals surface area contributed by atoms with Crippen molar-refractivity contribution in [2.45, 2.75) is 11.8 Å². The fourth-order valence-electron chi connectivity index (χ4n) is 1.88. The molecule has 0 aromatic heterocycles. The van der Waals surface area contributed by atoms with E-state index in [-0.39, 0.29) is 5.82 Å². The molecule has 0 bridgehead atoms. The number of benzene rings is 2. The van der Waals surface area contributed by atoms with Gasteiger partial charge in [0, 0.05) is 21.7 Å². The van der Waals surface area contributed by atoms with Gasteiger partial charge in [-0.3, -0.25) is 0 Å². The molecule has 0 aliphatic carbocycles.